The van der Waals surface area contributed by atoms with Crippen LogP contribution in [0, 0.1) is 6.92 Å². The third kappa shape index (κ3) is 3.28. The van der Waals surface area contributed by atoms with Gasteiger partial charge in [0.15, 0.2) is 0 Å². The summed E-state index contributed by atoms with van der Waals surface area (Å²) >= 11 is 12.1. The minimum atomic E-state index is -1.02. The number of hydrogen-bond donors (Lipinski definition) is 1. The van der Waals surface area contributed by atoms with E-state index in [9.17, 15) is 9.90 Å². The van der Waals surface area contributed by atoms with Crippen LogP contribution < -0.4 is 0 Å². The van der Waals surface area contributed by atoms with Crippen molar-refractivity contribution >= 4 is 29.2 Å². The quantitative estimate of drug-likeness (QED) is 0.663. The van der Waals surface area contributed by atoms with Crippen molar-refractivity contribution in [3.05, 3.63) is 69.3 Å². The van der Waals surface area contributed by atoms with Gasteiger partial charge in [0, 0.05) is 5.56 Å². The van der Waals surface area contributed by atoms with Gasteiger partial charge in [0.2, 0.25) is 0 Å². The molecule has 0 aliphatic heterocycles. The van der Waals surface area contributed by atoms with Gasteiger partial charge in [-0.3, -0.25) is 0 Å². The molecule has 2 aromatic carbocycles. The highest BCUT2D eigenvalue weighted by molar-refractivity contribution is 6.42. The highest BCUT2D eigenvalue weighted by Gasteiger charge is 2.24. The molecule has 0 aliphatic carbocycles. The van der Waals surface area contributed by atoms with Crippen molar-refractivity contribution in [3.63, 3.8) is 0 Å². The van der Waals surface area contributed by atoms with E-state index < -0.39 is 5.97 Å². The zero-order valence-electron chi connectivity index (χ0n) is 13.8. The van der Waals surface area contributed by atoms with Crippen LogP contribution in [-0.2, 0) is 6.42 Å². The van der Waals surface area contributed by atoms with Gasteiger partial charge in [-0.15, -0.1) is 0 Å². The van der Waals surface area contributed by atoms with E-state index in [2.05, 4.69) is 5.10 Å². The van der Waals surface area contributed by atoms with Crippen molar-refractivity contribution < 1.29 is 9.90 Å². The third-order valence-electron chi connectivity index (χ3n) is 4.00. The topological polar surface area (TPSA) is 55.1 Å². The Labute approximate surface area is 155 Å². The Morgan fingerprint density at radius 2 is 1.80 bits per heavy atom. The molecular formula is C19H16Cl2N2O2. The van der Waals surface area contributed by atoms with Gasteiger partial charge in [-0.2, -0.15) is 5.10 Å². The summed E-state index contributed by atoms with van der Waals surface area (Å²) in [5, 5.41) is 15.1. The maximum atomic E-state index is 11.9. The summed E-state index contributed by atoms with van der Waals surface area (Å²) in [5.74, 6) is -1.02. The molecule has 1 heterocycles. The van der Waals surface area contributed by atoms with Gasteiger partial charge in [0.1, 0.15) is 11.3 Å². The molecule has 0 unspecified atom stereocenters. The first-order chi connectivity index (χ1) is 11.9. The van der Waals surface area contributed by atoms with E-state index >= 15 is 0 Å². The van der Waals surface area contributed by atoms with Gasteiger partial charge in [-0.05, 0) is 37.6 Å². The van der Waals surface area contributed by atoms with Crippen molar-refractivity contribution in [2.45, 2.75) is 20.3 Å². The second-order valence-electron chi connectivity index (χ2n) is 5.71. The smallest absolute Gasteiger partial charge is 0.339 e. The van der Waals surface area contributed by atoms with E-state index in [0.29, 0.717) is 33.4 Å². The van der Waals surface area contributed by atoms with Gasteiger partial charge in [0.05, 0.1) is 21.4 Å². The summed E-state index contributed by atoms with van der Waals surface area (Å²) in [6.45, 7) is 3.91. The van der Waals surface area contributed by atoms with Crippen LogP contribution in [0.1, 0.15) is 28.5 Å². The second kappa shape index (κ2) is 6.90. The van der Waals surface area contributed by atoms with Crippen molar-refractivity contribution in [2.24, 2.45) is 0 Å². The number of aromatic nitrogens is 2. The molecule has 3 rings (SSSR count). The molecule has 4 nitrogen and oxygen atoms in total. The third-order valence-corrected chi connectivity index (χ3v) is 4.74. The van der Waals surface area contributed by atoms with Gasteiger partial charge in [-0.1, -0.05) is 53.9 Å². The maximum absolute atomic E-state index is 11.9. The van der Waals surface area contributed by atoms with E-state index in [1.807, 2.05) is 38.1 Å². The standard InChI is InChI=1S/C19H16Cl2N2O2/c1-3-16-17(19(24)25)18(12-6-9-14(20)15(21)10-12)22-23(16)13-7-4-11(2)5-8-13/h4-10H,3H2,1-2H3,(H,24,25). The van der Waals surface area contributed by atoms with E-state index in [4.69, 9.17) is 23.2 Å². The van der Waals surface area contributed by atoms with E-state index in [1.54, 1.807) is 22.9 Å². The SMILES string of the molecule is CCc1c(C(=O)O)c(-c2ccc(Cl)c(Cl)c2)nn1-c1ccc(C)cc1. The van der Waals surface area contributed by atoms with E-state index in [-0.39, 0.29) is 5.56 Å². The van der Waals surface area contributed by atoms with Crippen LogP contribution in [0.25, 0.3) is 16.9 Å². The fourth-order valence-corrected chi connectivity index (χ4v) is 3.05. The van der Waals surface area contributed by atoms with Gasteiger partial charge in [-0.25, -0.2) is 9.48 Å². The molecule has 0 saturated heterocycles. The molecule has 25 heavy (non-hydrogen) atoms. The lowest BCUT2D eigenvalue weighted by Crippen LogP contribution is -2.05. The number of aromatic carboxylic acids is 1. The van der Waals surface area contributed by atoms with E-state index in [1.165, 1.54) is 0 Å². The molecule has 0 spiro atoms. The van der Waals surface area contributed by atoms with Crippen molar-refractivity contribution in [1.82, 2.24) is 9.78 Å². The molecule has 0 fully saturated rings. The number of halogens is 2. The molecule has 6 heteroatoms. The van der Waals surface area contributed by atoms with E-state index in [0.717, 1.165) is 11.3 Å². The molecule has 0 radical (unpaired) electrons. The van der Waals surface area contributed by atoms with Gasteiger partial charge >= 0.3 is 5.97 Å². The molecule has 1 aromatic heterocycles. The first-order valence-electron chi connectivity index (χ1n) is 7.80. The van der Waals surface area contributed by atoms with Crippen molar-refractivity contribution in [2.75, 3.05) is 0 Å². The fourth-order valence-electron chi connectivity index (χ4n) is 2.75. The zero-order valence-corrected chi connectivity index (χ0v) is 15.3. The number of carboxylic acid groups (broad SMARTS) is 1. The average Bonchev–Trinajstić information content (AvgIpc) is 2.97. The lowest BCUT2D eigenvalue weighted by atomic mass is 10.0. The highest BCUT2D eigenvalue weighted by atomic mass is 35.5. The number of hydrogen-bond acceptors (Lipinski definition) is 2. The Morgan fingerprint density at radius 1 is 1.12 bits per heavy atom. The Balaban J connectivity index is 2.26. The lowest BCUT2D eigenvalue weighted by molar-refractivity contribution is 0.0696. The summed E-state index contributed by atoms with van der Waals surface area (Å²) in [6, 6.07) is 12.8. The number of carboxylic acids is 1. The van der Waals surface area contributed by atoms with Gasteiger partial charge in [0.25, 0.3) is 0 Å². The minimum Gasteiger partial charge on any atom is -0.478 e. The molecule has 0 atom stereocenters. The van der Waals surface area contributed by atoms with Crippen LogP contribution in [0.3, 0.4) is 0 Å². The number of benzene rings is 2. The Bertz CT molecular complexity index is 947. The highest BCUT2D eigenvalue weighted by Crippen LogP contribution is 2.32. The lowest BCUT2D eigenvalue weighted by Gasteiger charge is -2.06. The zero-order chi connectivity index (χ0) is 18.1. The van der Waals surface area contributed by atoms with Crippen LogP contribution in [-0.4, -0.2) is 20.9 Å². The number of carbonyl (C=O) groups is 1. The summed E-state index contributed by atoms with van der Waals surface area (Å²) in [6.07, 6.45) is 0.532. The van der Waals surface area contributed by atoms with Crippen LogP contribution >= 0.6 is 23.2 Å². The summed E-state index contributed by atoms with van der Waals surface area (Å²) in [5.41, 5.74) is 3.75. The van der Waals surface area contributed by atoms with Crippen LogP contribution in [0.15, 0.2) is 42.5 Å². The van der Waals surface area contributed by atoms with Crippen molar-refractivity contribution in [1.29, 1.82) is 0 Å². The predicted octanol–water partition coefficient (Wildman–Crippen LogP) is 5.42. The van der Waals surface area contributed by atoms with Crippen LogP contribution in [0.5, 0.6) is 0 Å². The number of rotatable bonds is 4. The minimum absolute atomic E-state index is 0.182. The van der Waals surface area contributed by atoms with Gasteiger partial charge < -0.3 is 5.11 Å². The molecule has 0 saturated carbocycles. The molecule has 128 valence electrons. The molecule has 0 bridgehead atoms. The Kier molecular flexibility index (Phi) is 4.84. The normalized spacial score (nSPS) is 10.9. The summed E-state index contributed by atoms with van der Waals surface area (Å²) in [7, 11) is 0. The summed E-state index contributed by atoms with van der Waals surface area (Å²) < 4.78 is 1.68. The monoisotopic (exact) mass is 374 g/mol. The molecule has 0 aliphatic rings. The maximum Gasteiger partial charge on any atom is 0.339 e. The first kappa shape index (κ1) is 17.5. The van der Waals surface area contributed by atoms with Crippen LogP contribution in [0.4, 0.5) is 0 Å². The Hall–Kier alpha value is -2.30. The Morgan fingerprint density at radius 3 is 2.36 bits per heavy atom. The molecule has 3 aromatic rings. The fraction of sp³-hybridized carbons (Fsp3) is 0.158. The first-order valence-corrected chi connectivity index (χ1v) is 8.55. The average molecular weight is 375 g/mol. The number of aryl methyl sites for hydroxylation is 1. The predicted molar refractivity (Wildman–Crippen MR) is 100 cm³/mol. The number of nitrogens with zero attached hydrogens (tertiary/aromatic N) is 2. The largest absolute Gasteiger partial charge is 0.478 e. The van der Waals surface area contributed by atoms with Crippen molar-refractivity contribution in [3.8, 4) is 16.9 Å². The molecule has 1 N–H and O–H groups in total. The van der Waals surface area contributed by atoms with Crippen LogP contribution in [0.2, 0.25) is 10.0 Å². The second-order valence-corrected chi connectivity index (χ2v) is 6.52. The molecular weight excluding hydrogens is 359 g/mol. The molecule has 0 amide bonds. The summed E-state index contributed by atoms with van der Waals surface area (Å²) in [4.78, 5) is 11.9.